The molecule has 0 fully saturated rings. The summed E-state index contributed by atoms with van der Waals surface area (Å²) in [6.07, 6.45) is 107. The number of phosphoric ester groups is 1. The van der Waals surface area contributed by atoms with Crippen molar-refractivity contribution in [3.8, 4) is 0 Å². The standard InChI is InChI=1S/C87H160NO8P/c1-6-8-10-12-14-16-18-20-22-24-26-28-30-32-34-36-38-40-41-42-43-44-45-46-47-48-50-52-54-56-58-60-62-64-66-68-70-72-74-76-78-80-87(90)96-85(84-95-97(91,92)94-82-81-88(3,4)5)83-93-86(89)79-77-75-73-71-69-67-65-63-61-59-57-55-53-51-49-39-37-35-33-31-29-27-25-23-21-19-17-15-13-11-9-7-2/h8,10,14,16,20,22,26,28,32,34,38,40,42-43,85H,6-7,9,11-13,15,17-19,21,23-25,27,29-31,33,35-37,39,41,44-84H2,1-5H3/p+1/b10-8-,16-14-,22-20-,28-26-,34-32-,40-38-,43-42-. The van der Waals surface area contributed by atoms with Crippen molar-refractivity contribution in [2.45, 2.75) is 412 Å². The van der Waals surface area contributed by atoms with Crippen molar-refractivity contribution in [2.75, 3.05) is 47.5 Å². The summed E-state index contributed by atoms with van der Waals surface area (Å²) < 4.78 is 34.9. The van der Waals surface area contributed by atoms with Crippen LogP contribution in [0.25, 0.3) is 0 Å². The molecule has 0 aromatic carbocycles. The predicted octanol–water partition coefficient (Wildman–Crippen LogP) is 28.0. The summed E-state index contributed by atoms with van der Waals surface area (Å²) >= 11 is 0. The van der Waals surface area contributed by atoms with Crippen LogP contribution in [-0.4, -0.2) is 74.9 Å². The maximum Gasteiger partial charge on any atom is 0.472 e. The zero-order chi connectivity index (χ0) is 70.4. The van der Waals surface area contributed by atoms with Gasteiger partial charge in [-0.1, -0.05) is 407 Å². The molecule has 9 nitrogen and oxygen atoms in total. The van der Waals surface area contributed by atoms with E-state index in [0.717, 1.165) is 77.0 Å². The Labute approximate surface area is 602 Å². The minimum Gasteiger partial charge on any atom is -0.462 e. The molecule has 0 amide bonds. The molecule has 0 aromatic rings. The van der Waals surface area contributed by atoms with Crippen LogP contribution in [-0.2, 0) is 32.7 Å². The number of hydrogen-bond acceptors (Lipinski definition) is 7. The van der Waals surface area contributed by atoms with E-state index in [-0.39, 0.29) is 25.6 Å². The summed E-state index contributed by atoms with van der Waals surface area (Å²) in [6.45, 7) is 4.39. The molecule has 566 valence electrons. The van der Waals surface area contributed by atoms with Gasteiger partial charge >= 0.3 is 19.8 Å². The Morgan fingerprint density at radius 3 is 0.876 bits per heavy atom. The molecule has 0 spiro atoms. The Balaban J connectivity index is 3.91. The number of carbonyl (C=O) groups excluding carboxylic acids is 2. The first-order valence-corrected chi connectivity index (χ1v) is 43.3. The molecule has 0 aliphatic rings. The third-order valence-corrected chi connectivity index (χ3v) is 19.7. The Morgan fingerprint density at radius 2 is 0.588 bits per heavy atom. The highest BCUT2D eigenvalue weighted by atomic mass is 31.2. The number of unbranched alkanes of at least 4 members (excludes halogenated alkanes) is 50. The largest absolute Gasteiger partial charge is 0.472 e. The molecule has 2 unspecified atom stereocenters. The Hall–Kier alpha value is -2.81. The maximum atomic E-state index is 12.9. The first-order valence-electron chi connectivity index (χ1n) is 41.8. The average Bonchev–Trinajstić information content (AvgIpc) is 1.69. The van der Waals surface area contributed by atoms with Crippen molar-refractivity contribution in [2.24, 2.45) is 0 Å². The van der Waals surface area contributed by atoms with Gasteiger partial charge in [-0.15, -0.1) is 0 Å². The highest BCUT2D eigenvalue weighted by Gasteiger charge is 2.27. The summed E-state index contributed by atoms with van der Waals surface area (Å²) in [7, 11) is 1.50. The molecule has 0 radical (unpaired) electrons. The number of hydrogen-bond donors (Lipinski definition) is 1. The summed E-state index contributed by atoms with van der Waals surface area (Å²) in [5, 5.41) is 0. The second-order valence-electron chi connectivity index (χ2n) is 29.5. The van der Waals surface area contributed by atoms with Crippen LogP contribution in [0.4, 0.5) is 0 Å². The lowest BCUT2D eigenvalue weighted by Crippen LogP contribution is -2.37. The minimum absolute atomic E-state index is 0.0331. The van der Waals surface area contributed by atoms with E-state index < -0.39 is 26.5 Å². The summed E-state index contributed by atoms with van der Waals surface area (Å²) in [4.78, 5) is 36.0. The van der Waals surface area contributed by atoms with Crippen LogP contribution in [0.5, 0.6) is 0 Å². The van der Waals surface area contributed by atoms with Crippen molar-refractivity contribution >= 4 is 19.8 Å². The number of rotatable bonds is 78. The third kappa shape index (κ3) is 82.0. The lowest BCUT2D eigenvalue weighted by Gasteiger charge is -2.24. The van der Waals surface area contributed by atoms with Gasteiger partial charge in [-0.3, -0.25) is 18.6 Å². The van der Waals surface area contributed by atoms with Gasteiger partial charge in [0.25, 0.3) is 0 Å². The molecule has 10 heteroatoms. The number of allylic oxidation sites excluding steroid dienone is 14. The van der Waals surface area contributed by atoms with E-state index >= 15 is 0 Å². The van der Waals surface area contributed by atoms with Crippen LogP contribution >= 0.6 is 7.82 Å². The van der Waals surface area contributed by atoms with Crippen LogP contribution in [0.15, 0.2) is 85.1 Å². The number of carbonyl (C=O) groups is 2. The van der Waals surface area contributed by atoms with Crippen molar-refractivity contribution in [1.82, 2.24) is 0 Å². The minimum atomic E-state index is -4.40. The third-order valence-electron chi connectivity index (χ3n) is 18.7. The number of quaternary nitrogens is 1. The zero-order valence-corrected chi connectivity index (χ0v) is 65.7. The second kappa shape index (κ2) is 77.4. The number of esters is 2. The molecule has 0 aliphatic carbocycles. The SMILES string of the molecule is CC/C=C\C/C=C\C/C=C\C/C=C\C/C=C\C/C=C\C/C=C\CCCCCCCCCCCCCCCCCCCCCC(=O)OC(COC(=O)CCCCCCCCCCCCCCCCCCCCCCCCCCCCCCCCCC)COP(=O)(O)OCC[N+](C)(C)C. The molecule has 0 aliphatic heterocycles. The highest BCUT2D eigenvalue weighted by molar-refractivity contribution is 7.47. The van der Waals surface area contributed by atoms with Crippen molar-refractivity contribution in [3.05, 3.63) is 85.1 Å². The zero-order valence-electron chi connectivity index (χ0n) is 64.8. The lowest BCUT2D eigenvalue weighted by molar-refractivity contribution is -0.870. The maximum absolute atomic E-state index is 12.9. The Kier molecular flexibility index (Phi) is 75.1. The first kappa shape index (κ1) is 94.2. The van der Waals surface area contributed by atoms with E-state index in [9.17, 15) is 19.0 Å². The van der Waals surface area contributed by atoms with Gasteiger partial charge in [0.1, 0.15) is 19.8 Å². The number of nitrogens with zero attached hydrogens (tertiary/aromatic N) is 1. The average molecular weight is 1380 g/mol. The van der Waals surface area contributed by atoms with Crippen molar-refractivity contribution < 1.29 is 42.1 Å². The van der Waals surface area contributed by atoms with Crippen LogP contribution in [0.1, 0.15) is 406 Å². The lowest BCUT2D eigenvalue weighted by atomic mass is 10.0. The second-order valence-corrected chi connectivity index (χ2v) is 30.9. The molecule has 0 heterocycles. The van der Waals surface area contributed by atoms with Gasteiger partial charge in [0.05, 0.1) is 27.7 Å². The quantitative estimate of drug-likeness (QED) is 0.0211. The summed E-state index contributed by atoms with van der Waals surface area (Å²) in [6, 6.07) is 0. The van der Waals surface area contributed by atoms with Crippen molar-refractivity contribution in [3.63, 3.8) is 0 Å². The van der Waals surface area contributed by atoms with Gasteiger partial charge in [0, 0.05) is 12.8 Å². The van der Waals surface area contributed by atoms with E-state index in [1.54, 1.807) is 0 Å². The van der Waals surface area contributed by atoms with Crippen LogP contribution in [0, 0.1) is 0 Å². The molecule has 0 saturated heterocycles. The Morgan fingerprint density at radius 1 is 0.330 bits per heavy atom. The number of likely N-dealkylation sites (N-methyl/N-ethyl adjacent to an activating group) is 1. The van der Waals surface area contributed by atoms with E-state index in [4.69, 9.17) is 18.5 Å². The fourth-order valence-corrected chi connectivity index (χ4v) is 13.1. The molecule has 2 atom stereocenters. The first-order chi connectivity index (χ1) is 47.5. The van der Waals surface area contributed by atoms with Gasteiger partial charge in [0.2, 0.25) is 0 Å². The monoisotopic (exact) mass is 1380 g/mol. The molecule has 0 bridgehead atoms. The molecule has 97 heavy (non-hydrogen) atoms. The van der Waals surface area contributed by atoms with Gasteiger partial charge in [0.15, 0.2) is 6.10 Å². The Bertz CT molecular complexity index is 1910. The van der Waals surface area contributed by atoms with E-state index in [1.807, 2.05) is 21.1 Å². The fourth-order valence-electron chi connectivity index (χ4n) is 12.4. The number of phosphoric acid groups is 1. The van der Waals surface area contributed by atoms with Gasteiger partial charge in [-0.25, -0.2) is 4.57 Å². The highest BCUT2D eigenvalue weighted by Crippen LogP contribution is 2.43. The van der Waals surface area contributed by atoms with Crippen LogP contribution in [0.3, 0.4) is 0 Å². The summed E-state index contributed by atoms with van der Waals surface area (Å²) in [5.74, 6) is -0.775. The molecule has 0 aromatic heterocycles. The fraction of sp³-hybridized carbons (Fsp3) is 0.816. The van der Waals surface area contributed by atoms with Crippen molar-refractivity contribution in [1.29, 1.82) is 0 Å². The molecular formula is C87H161NO8P+. The molecule has 1 N–H and O–H groups in total. The van der Waals surface area contributed by atoms with Gasteiger partial charge in [-0.05, 0) is 70.6 Å². The normalized spacial score (nSPS) is 13.4. The summed E-state index contributed by atoms with van der Waals surface area (Å²) in [5.41, 5.74) is 0. The topological polar surface area (TPSA) is 108 Å². The van der Waals surface area contributed by atoms with Gasteiger partial charge < -0.3 is 18.9 Å². The van der Waals surface area contributed by atoms with E-state index in [2.05, 4.69) is 98.9 Å². The molecular weight excluding hydrogens is 1220 g/mol. The smallest absolute Gasteiger partial charge is 0.462 e. The number of ether oxygens (including phenoxy) is 2. The van der Waals surface area contributed by atoms with Crippen LogP contribution in [0.2, 0.25) is 0 Å². The molecule has 0 rings (SSSR count). The predicted molar refractivity (Wildman–Crippen MR) is 422 cm³/mol. The van der Waals surface area contributed by atoms with Gasteiger partial charge in [-0.2, -0.15) is 0 Å². The van der Waals surface area contributed by atoms with E-state index in [0.29, 0.717) is 23.9 Å². The van der Waals surface area contributed by atoms with E-state index in [1.165, 1.54) is 295 Å². The van der Waals surface area contributed by atoms with Crippen LogP contribution < -0.4 is 0 Å². The molecule has 0 saturated carbocycles.